The molecule has 2 aliphatic rings. The Kier molecular flexibility index (Phi) is 3.30. The summed E-state index contributed by atoms with van der Waals surface area (Å²) >= 11 is 0. The molecule has 0 aromatic heterocycles. The standard InChI is InChI=1S/C15H20N2O3/c1-15(2)19-12-6-5-11(8-13(12)20-15)17-14(18)9-10-4-3-7-16-10/h5-6,8,10,16H,3-4,7,9H2,1-2H3,(H,17,18). The van der Waals surface area contributed by atoms with Gasteiger partial charge in [0.05, 0.1) is 0 Å². The van der Waals surface area contributed by atoms with Crippen LogP contribution in [0.4, 0.5) is 5.69 Å². The van der Waals surface area contributed by atoms with Crippen molar-refractivity contribution in [3.63, 3.8) is 0 Å². The lowest BCUT2D eigenvalue weighted by Gasteiger charge is -2.16. The van der Waals surface area contributed by atoms with Gasteiger partial charge in [-0.25, -0.2) is 0 Å². The molecule has 0 saturated carbocycles. The van der Waals surface area contributed by atoms with Crippen LogP contribution < -0.4 is 20.1 Å². The van der Waals surface area contributed by atoms with Gasteiger partial charge in [-0.05, 0) is 31.5 Å². The molecule has 1 amide bonds. The summed E-state index contributed by atoms with van der Waals surface area (Å²) in [6, 6.07) is 5.78. The zero-order chi connectivity index (χ0) is 14.2. The van der Waals surface area contributed by atoms with Gasteiger partial charge in [-0.3, -0.25) is 4.79 Å². The van der Waals surface area contributed by atoms with Gasteiger partial charge in [0.1, 0.15) is 0 Å². The fourth-order valence-electron chi connectivity index (χ4n) is 2.67. The minimum atomic E-state index is -0.640. The first-order valence-electron chi connectivity index (χ1n) is 7.07. The second-order valence-electron chi connectivity index (χ2n) is 5.81. The van der Waals surface area contributed by atoms with Crippen molar-refractivity contribution in [2.24, 2.45) is 0 Å². The van der Waals surface area contributed by atoms with Crippen LogP contribution in [0.25, 0.3) is 0 Å². The van der Waals surface area contributed by atoms with E-state index in [0.717, 1.165) is 25.1 Å². The molecule has 108 valence electrons. The molecule has 5 heteroatoms. The predicted molar refractivity (Wildman–Crippen MR) is 76.0 cm³/mol. The number of ether oxygens (including phenoxy) is 2. The van der Waals surface area contributed by atoms with Gasteiger partial charge in [0, 0.05) is 38.1 Å². The summed E-state index contributed by atoms with van der Waals surface area (Å²) in [7, 11) is 0. The normalized spacial score (nSPS) is 22.8. The van der Waals surface area contributed by atoms with E-state index in [0.29, 0.717) is 24.0 Å². The van der Waals surface area contributed by atoms with E-state index in [9.17, 15) is 4.79 Å². The number of amides is 1. The van der Waals surface area contributed by atoms with Gasteiger partial charge in [-0.2, -0.15) is 0 Å². The van der Waals surface area contributed by atoms with Crippen LogP contribution >= 0.6 is 0 Å². The molecule has 0 aliphatic carbocycles. The third kappa shape index (κ3) is 2.88. The summed E-state index contributed by atoms with van der Waals surface area (Å²) in [6.45, 7) is 4.73. The molecular weight excluding hydrogens is 256 g/mol. The molecule has 2 heterocycles. The topological polar surface area (TPSA) is 59.6 Å². The highest BCUT2D eigenvalue weighted by molar-refractivity contribution is 5.91. The van der Waals surface area contributed by atoms with Gasteiger partial charge >= 0.3 is 0 Å². The monoisotopic (exact) mass is 276 g/mol. The summed E-state index contributed by atoms with van der Waals surface area (Å²) in [4.78, 5) is 12.0. The Hall–Kier alpha value is -1.75. The van der Waals surface area contributed by atoms with Crippen LogP contribution in [0.1, 0.15) is 33.1 Å². The zero-order valence-corrected chi connectivity index (χ0v) is 11.9. The molecule has 2 aliphatic heterocycles. The molecule has 0 bridgehead atoms. The number of nitrogens with one attached hydrogen (secondary N) is 2. The molecule has 1 saturated heterocycles. The van der Waals surface area contributed by atoms with Crippen LogP contribution in [0, 0.1) is 0 Å². The molecule has 0 radical (unpaired) electrons. The molecule has 5 nitrogen and oxygen atoms in total. The number of rotatable bonds is 3. The lowest BCUT2D eigenvalue weighted by atomic mass is 10.1. The average molecular weight is 276 g/mol. The van der Waals surface area contributed by atoms with Crippen LogP contribution in [0.3, 0.4) is 0 Å². The molecule has 1 unspecified atom stereocenters. The van der Waals surface area contributed by atoms with E-state index in [1.54, 1.807) is 0 Å². The Morgan fingerprint density at radius 3 is 2.95 bits per heavy atom. The molecule has 3 rings (SSSR count). The highest BCUT2D eigenvalue weighted by atomic mass is 16.7. The van der Waals surface area contributed by atoms with Crippen molar-refractivity contribution >= 4 is 11.6 Å². The van der Waals surface area contributed by atoms with Crippen molar-refractivity contribution in [3.05, 3.63) is 18.2 Å². The summed E-state index contributed by atoms with van der Waals surface area (Å²) in [6.07, 6.45) is 2.74. The predicted octanol–water partition coefficient (Wildman–Crippen LogP) is 2.27. The summed E-state index contributed by atoms with van der Waals surface area (Å²) in [5, 5.41) is 6.23. The Balaban J connectivity index is 1.62. The van der Waals surface area contributed by atoms with E-state index >= 15 is 0 Å². The first kappa shape index (κ1) is 13.2. The lowest BCUT2D eigenvalue weighted by Crippen LogP contribution is -2.29. The highest BCUT2D eigenvalue weighted by Gasteiger charge is 2.31. The number of carbonyl (C=O) groups is 1. The summed E-state index contributed by atoms with van der Waals surface area (Å²) in [5.74, 6) is 0.776. The number of benzene rings is 1. The number of carbonyl (C=O) groups excluding carboxylic acids is 1. The number of hydrogen-bond acceptors (Lipinski definition) is 4. The van der Waals surface area contributed by atoms with Crippen molar-refractivity contribution in [3.8, 4) is 11.5 Å². The maximum atomic E-state index is 12.0. The second-order valence-corrected chi connectivity index (χ2v) is 5.81. The van der Waals surface area contributed by atoms with Crippen molar-refractivity contribution in [1.82, 2.24) is 5.32 Å². The van der Waals surface area contributed by atoms with Gasteiger partial charge in [0.15, 0.2) is 11.5 Å². The van der Waals surface area contributed by atoms with Crippen molar-refractivity contribution in [2.45, 2.75) is 44.9 Å². The smallest absolute Gasteiger partial charge is 0.246 e. The van der Waals surface area contributed by atoms with Crippen LogP contribution in [0.5, 0.6) is 11.5 Å². The Bertz CT molecular complexity index is 522. The molecule has 1 aromatic rings. The molecule has 1 atom stereocenters. The van der Waals surface area contributed by atoms with E-state index in [4.69, 9.17) is 9.47 Å². The Morgan fingerprint density at radius 2 is 2.20 bits per heavy atom. The maximum absolute atomic E-state index is 12.0. The minimum Gasteiger partial charge on any atom is -0.449 e. The minimum absolute atomic E-state index is 0.0301. The molecule has 1 fully saturated rings. The number of hydrogen-bond donors (Lipinski definition) is 2. The quantitative estimate of drug-likeness (QED) is 0.889. The van der Waals surface area contributed by atoms with Crippen LogP contribution in [0.15, 0.2) is 18.2 Å². The molecular formula is C15H20N2O3. The zero-order valence-electron chi connectivity index (χ0n) is 11.9. The fraction of sp³-hybridized carbons (Fsp3) is 0.533. The largest absolute Gasteiger partial charge is 0.449 e. The van der Waals surface area contributed by atoms with Gasteiger partial charge in [0.2, 0.25) is 11.7 Å². The molecule has 0 spiro atoms. The van der Waals surface area contributed by atoms with Crippen LogP contribution in [0.2, 0.25) is 0 Å². The van der Waals surface area contributed by atoms with E-state index in [2.05, 4.69) is 10.6 Å². The van der Waals surface area contributed by atoms with Gasteiger partial charge in [0.25, 0.3) is 0 Å². The van der Waals surface area contributed by atoms with Crippen molar-refractivity contribution < 1.29 is 14.3 Å². The maximum Gasteiger partial charge on any atom is 0.246 e. The molecule has 1 aromatic carbocycles. The SMILES string of the molecule is CC1(C)Oc2ccc(NC(=O)CC3CCCN3)cc2O1. The third-order valence-corrected chi connectivity index (χ3v) is 3.53. The third-order valence-electron chi connectivity index (χ3n) is 3.53. The van der Waals surface area contributed by atoms with E-state index in [-0.39, 0.29) is 5.91 Å². The van der Waals surface area contributed by atoms with Crippen molar-refractivity contribution in [2.75, 3.05) is 11.9 Å². The Labute approximate surface area is 118 Å². The molecule has 2 N–H and O–H groups in total. The molecule has 20 heavy (non-hydrogen) atoms. The van der Waals surface area contributed by atoms with E-state index in [1.807, 2.05) is 32.0 Å². The Morgan fingerprint density at radius 1 is 1.40 bits per heavy atom. The van der Waals surface area contributed by atoms with Gasteiger partial charge < -0.3 is 20.1 Å². The average Bonchev–Trinajstić information content (AvgIpc) is 2.94. The fourth-order valence-corrected chi connectivity index (χ4v) is 2.67. The van der Waals surface area contributed by atoms with Gasteiger partial charge in [-0.1, -0.05) is 0 Å². The van der Waals surface area contributed by atoms with Gasteiger partial charge in [-0.15, -0.1) is 0 Å². The number of fused-ring (bicyclic) bond motifs is 1. The van der Waals surface area contributed by atoms with E-state index in [1.165, 1.54) is 0 Å². The lowest BCUT2D eigenvalue weighted by molar-refractivity contribution is -0.116. The highest BCUT2D eigenvalue weighted by Crippen LogP contribution is 2.40. The second kappa shape index (κ2) is 4.98. The van der Waals surface area contributed by atoms with Crippen LogP contribution in [-0.4, -0.2) is 24.3 Å². The first-order valence-corrected chi connectivity index (χ1v) is 7.07. The summed E-state index contributed by atoms with van der Waals surface area (Å²) < 4.78 is 11.3. The first-order chi connectivity index (χ1) is 9.52. The van der Waals surface area contributed by atoms with Crippen LogP contribution in [-0.2, 0) is 4.79 Å². The summed E-state index contributed by atoms with van der Waals surface area (Å²) in [5.41, 5.74) is 0.744. The van der Waals surface area contributed by atoms with Crippen molar-refractivity contribution in [1.29, 1.82) is 0 Å². The van der Waals surface area contributed by atoms with E-state index < -0.39 is 5.79 Å². The number of anilines is 1.